The van der Waals surface area contributed by atoms with E-state index in [1.165, 1.54) is 0 Å². The van der Waals surface area contributed by atoms with Gasteiger partial charge in [-0.25, -0.2) is 4.68 Å². The zero-order chi connectivity index (χ0) is 11.4. The third-order valence-electron chi connectivity index (χ3n) is 2.45. The molecule has 0 spiro atoms. The molecule has 0 saturated heterocycles. The fourth-order valence-electron chi connectivity index (χ4n) is 1.74. The molecule has 0 atom stereocenters. The highest BCUT2D eigenvalue weighted by Crippen LogP contribution is 2.26. The van der Waals surface area contributed by atoms with Gasteiger partial charge in [0.25, 0.3) is 0 Å². The zero-order valence-electron chi connectivity index (χ0n) is 10.1. The Morgan fingerprint density at radius 2 is 2.13 bits per heavy atom. The summed E-state index contributed by atoms with van der Waals surface area (Å²) in [5, 5.41) is 4.55. The van der Waals surface area contributed by atoms with E-state index in [1.54, 1.807) is 7.11 Å². The second-order valence-electron chi connectivity index (χ2n) is 3.87. The van der Waals surface area contributed by atoms with Crippen LogP contribution in [0.2, 0.25) is 0 Å². The van der Waals surface area contributed by atoms with E-state index < -0.39 is 0 Å². The molecule has 2 N–H and O–H groups in total. The molecule has 0 unspecified atom stereocenters. The van der Waals surface area contributed by atoms with Crippen LogP contribution in [0, 0.1) is 0 Å². The van der Waals surface area contributed by atoms with E-state index in [9.17, 15) is 0 Å². The monoisotopic (exact) mass is 211 g/mol. The standard InChI is InChI=1S/C11H21N3O/c1-5-10-9(6-7-12)11(15-4)14(13-10)8(2)3/h8H,5-7,12H2,1-4H3. The molecule has 0 aromatic carbocycles. The lowest BCUT2D eigenvalue weighted by atomic mass is 10.1. The van der Waals surface area contributed by atoms with Crippen molar-refractivity contribution >= 4 is 0 Å². The number of nitrogens with zero attached hydrogens (tertiary/aromatic N) is 2. The SMILES string of the molecule is CCc1nn(C(C)C)c(OC)c1CCN. The van der Waals surface area contributed by atoms with Gasteiger partial charge in [0.15, 0.2) is 0 Å². The maximum Gasteiger partial charge on any atom is 0.215 e. The van der Waals surface area contributed by atoms with Crippen LogP contribution in [-0.4, -0.2) is 23.4 Å². The summed E-state index contributed by atoms with van der Waals surface area (Å²) < 4.78 is 7.35. The van der Waals surface area contributed by atoms with Gasteiger partial charge in [0.1, 0.15) is 0 Å². The molecule has 0 amide bonds. The van der Waals surface area contributed by atoms with Crippen LogP contribution in [-0.2, 0) is 12.8 Å². The van der Waals surface area contributed by atoms with Crippen LogP contribution in [0.5, 0.6) is 5.88 Å². The second kappa shape index (κ2) is 5.16. The van der Waals surface area contributed by atoms with Crippen molar-refractivity contribution in [2.24, 2.45) is 5.73 Å². The first kappa shape index (κ1) is 12.0. The molecule has 0 aliphatic carbocycles. The lowest BCUT2D eigenvalue weighted by Gasteiger charge is -2.10. The fourth-order valence-corrected chi connectivity index (χ4v) is 1.74. The highest BCUT2D eigenvalue weighted by atomic mass is 16.5. The Kier molecular flexibility index (Phi) is 4.15. The molecule has 0 aliphatic heterocycles. The molecule has 1 aromatic rings. The first-order chi connectivity index (χ1) is 7.15. The Labute approximate surface area is 91.4 Å². The number of hydrogen-bond acceptors (Lipinski definition) is 3. The van der Waals surface area contributed by atoms with Gasteiger partial charge in [-0.2, -0.15) is 5.10 Å². The fraction of sp³-hybridized carbons (Fsp3) is 0.727. The molecule has 1 rings (SSSR count). The molecule has 15 heavy (non-hydrogen) atoms. The number of methoxy groups -OCH3 is 1. The van der Waals surface area contributed by atoms with Crippen LogP contribution in [0.4, 0.5) is 0 Å². The van der Waals surface area contributed by atoms with Gasteiger partial charge in [0, 0.05) is 5.56 Å². The molecule has 86 valence electrons. The minimum absolute atomic E-state index is 0.316. The Balaban J connectivity index is 3.19. The van der Waals surface area contributed by atoms with Gasteiger partial charge in [-0.3, -0.25) is 0 Å². The van der Waals surface area contributed by atoms with Gasteiger partial charge < -0.3 is 10.5 Å². The lowest BCUT2D eigenvalue weighted by molar-refractivity contribution is 0.342. The van der Waals surface area contributed by atoms with E-state index in [0.29, 0.717) is 12.6 Å². The van der Waals surface area contributed by atoms with Crippen molar-refractivity contribution in [3.05, 3.63) is 11.3 Å². The van der Waals surface area contributed by atoms with E-state index >= 15 is 0 Å². The molecule has 0 saturated carbocycles. The average Bonchev–Trinajstić information content (AvgIpc) is 2.56. The van der Waals surface area contributed by atoms with Crippen molar-refractivity contribution < 1.29 is 4.74 Å². The number of nitrogens with two attached hydrogens (primary N) is 1. The van der Waals surface area contributed by atoms with Gasteiger partial charge in [-0.05, 0) is 33.2 Å². The summed E-state index contributed by atoms with van der Waals surface area (Å²) in [6.45, 7) is 6.93. The van der Waals surface area contributed by atoms with E-state index in [-0.39, 0.29) is 0 Å². The van der Waals surface area contributed by atoms with Crippen molar-refractivity contribution in [3.63, 3.8) is 0 Å². The number of ether oxygens (including phenoxy) is 1. The van der Waals surface area contributed by atoms with Crippen LogP contribution in [0.1, 0.15) is 38.1 Å². The van der Waals surface area contributed by atoms with Crippen molar-refractivity contribution in [2.45, 2.75) is 39.7 Å². The first-order valence-corrected chi connectivity index (χ1v) is 5.49. The number of hydrogen-bond donors (Lipinski definition) is 1. The third-order valence-corrected chi connectivity index (χ3v) is 2.45. The minimum atomic E-state index is 0.316. The van der Waals surface area contributed by atoms with Gasteiger partial charge in [0.05, 0.1) is 18.8 Å². The summed E-state index contributed by atoms with van der Waals surface area (Å²) >= 11 is 0. The summed E-state index contributed by atoms with van der Waals surface area (Å²) in [5.74, 6) is 0.868. The number of rotatable bonds is 5. The maximum atomic E-state index is 5.60. The van der Waals surface area contributed by atoms with Crippen LogP contribution in [0.25, 0.3) is 0 Å². The van der Waals surface area contributed by atoms with E-state index in [2.05, 4.69) is 25.9 Å². The van der Waals surface area contributed by atoms with Crippen LogP contribution in [0.15, 0.2) is 0 Å². The molecule has 0 aliphatic rings. The van der Waals surface area contributed by atoms with Crippen molar-refractivity contribution in [1.29, 1.82) is 0 Å². The molecule has 1 heterocycles. The van der Waals surface area contributed by atoms with E-state index in [4.69, 9.17) is 10.5 Å². The molecular formula is C11H21N3O. The maximum absolute atomic E-state index is 5.60. The molecule has 1 aromatic heterocycles. The topological polar surface area (TPSA) is 53.1 Å². The summed E-state index contributed by atoms with van der Waals surface area (Å²) in [6, 6.07) is 0.316. The van der Waals surface area contributed by atoms with Crippen molar-refractivity contribution in [1.82, 2.24) is 9.78 Å². The van der Waals surface area contributed by atoms with Gasteiger partial charge in [0.2, 0.25) is 5.88 Å². The van der Waals surface area contributed by atoms with Crippen LogP contribution >= 0.6 is 0 Å². The summed E-state index contributed by atoms with van der Waals surface area (Å²) in [5.41, 5.74) is 7.87. The highest BCUT2D eigenvalue weighted by molar-refractivity contribution is 5.32. The molecular weight excluding hydrogens is 190 g/mol. The Hall–Kier alpha value is -1.03. The van der Waals surface area contributed by atoms with E-state index in [1.807, 2.05) is 4.68 Å². The quantitative estimate of drug-likeness (QED) is 0.803. The lowest BCUT2D eigenvalue weighted by Crippen LogP contribution is -2.07. The molecule has 0 radical (unpaired) electrons. The average molecular weight is 211 g/mol. The smallest absolute Gasteiger partial charge is 0.215 e. The minimum Gasteiger partial charge on any atom is -0.481 e. The van der Waals surface area contributed by atoms with Crippen molar-refractivity contribution in [2.75, 3.05) is 13.7 Å². The third kappa shape index (κ3) is 2.31. The van der Waals surface area contributed by atoms with Crippen LogP contribution in [0.3, 0.4) is 0 Å². The number of aryl methyl sites for hydroxylation is 1. The molecule has 0 fully saturated rings. The van der Waals surface area contributed by atoms with Gasteiger partial charge in [-0.15, -0.1) is 0 Å². The Morgan fingerprint density at radius 3 is 2.53 bits per heavy atom. The largest absolute Gasteiger partial charge is 0.481 e. The Bertz CT molecular complexity index is 318. The molecule has 4 nitrogen and oxygen atoms in total. The zero-order valence-corrected chi connectivity index (χ0v) is 10.1. The van der Waals surface area contributed by atoms with Gasteiger partial charge >= 0.3 is 0 Å². The number of aromatic nitrogens is 2. The van der Waals surface area contributed by atoms with E-state index in [0.717, 1.165) is 30.0 Å². The summed E-state index contributed by atoms with van der Waals surface area (Å²) in [7, 11) is 1.69. The molecule has 4 heteroatoms. The summed E-state index contributed by atoms with van der Waals surface area (Å²) in [4.78, 5) is 0. The molecule has 0 bridgehead atoms. The first-order valence-electron chi connectivity index (χ1n) is 5.49. The van der Waals surface area contributed by atoms with Crippen molar-refractivity contribution in [3.8, 4) is 5.88 Å². The second-order valence-corrected chi connectivity index (χ2v) is 3.87. The normalized spacial score (nSPS) is 11.1. The Morgan fingerprint density at radius 1 is 1.47 bits per heavy atom. The van der Waals surface area contributed by atoms with Gasteiger partial charge in [-0.1, -0.05) is 6.92 Å². The predicted octanol–water partition coefficient (Wildman–Crippen LogP) is 1.54. The summed E-state index contributed by atoms with van der Waals surface area (Å²) in [6.07, 6.45) is 1.75. The predicted molar refractivity (Wildman–Crippen MR) is 61.3 cm³/mol. The van der Waals surface area contributed by atoms with Crippen LogP contribution < -0.4 is 10.5 Å². The highest BCUT2D eigenvalue weighted by Gasteiger charge is 2.18.